The van der Waals surface area contributed by atoms with Gasteiger partial charge in [-0.3, -0.25) is 14.4 Å². The monoisotopic (exact) mass is 538 g/mol. The SMILES string of the molecule is COCCC(=O)Nc1ccc2c(c1)[nH]c1c(C(N)=O)ccc(-c3cccc(NC(=O)c4ccc(F)cc4)c3C)c12. The number of anilines is 2. The number of hydrogen-bond acceptors (Lipinski definition) is 4. The number of H-pyrrole nitrogens is 1. The van der Waals surface area contributed by atoms with E-state index in [0.717, 1.165) is 27.5 Å². The topological polar surface area (TPSA) is 126 Å². The van der Waals surface area contributed by atoms with Gasteiger partial charge in [-0.2, -0.15) is 0 Å². The molecule has 5 rings (SSSR count). The van der Waals surface area contributed by atoms with E-state index in [4.69, 9.17) is 10.5 Å². The number of primary amides is 1. The lowest BCUT2D eigenvalue weighted by Crippen LogP contribution is -2.13. The van der Waals surface area contributed by atoms with Gasteiger partial charge in [-0.25, -0.2) is 4.39 Å². The maximum absolute atomic E-state index is 13.3. The van der Waals surface area contributed by atoms with Gasteiger partial charge in [-0.15, -0.1) is 0 Å². The molecule has 4 aromatic carbocycles. The van der Waals surface area contributed by atoms with Crippen molar-refractivity contribution in [2.75, 3.05) is 24.4 Å². The van der Waals surface area contributed by atoms with Gasteiger partial charge >= 0.3 is 0 Å². The van der Waals surface area contributed by atoms with Crippen LogP contribution < -0.4 is 16.4 Å². The van der Waals surface area contributed by atoms with Crippen molar-refractivity contribution in [2.45, 2.75) is 13.3 Å². The van der Waals surface area contributed by atoms with E-state index in [1.54, 1.807) is 24.3 Å². The van der Waals surface area contributed by atoms with Crippen LogP contribution in [0, 0.1) is 12.7 Å². The minimum Gasteiger partial charge on any atom is -0.384 e. The molecule has 0 radical (unpaired) electrons. The summed E-state index contributed by atoms with van der Waals surface area (Å²) < 4.78 is 18.3. The van der Waals surface area contributed by atoms with Crippen molar-refractivity contribution >= 4 is 50.9 Å². The van der Waals surface area contributed by atoms with Crippen LogP contribution in [0.4, 0.5) is 15.8 Å². The fourth-order valence-electron chi connectivity index (χ4n) is 4.80. The number of carbonyl (C=O) groups excluding carboxylic acids is 3. The van der Waals surface area contributed by atoms with Crippen LogP contribution in [0.3, 0.4) is 0 Å². The summed E-state index contributed by atoms with van der Waals surface area (Å²) in [5.41, 5.74) is 11.3. The van der Waals surface area contributed by atoms with Crippen molar-refractivity contribution in [2.24, 2.45) is 5.73 Å². The molecule has 3 amide bonds. The molecule has 1 aromatic heterocycles. The van der Waals surface area contributed by atoms with Crippen molar-refractivity contribution < 1.29 is 23.5 Å². The number of methoxy groups -OCH3 is 1. The minimum absolute atomic E-state index is 0.175. The summed E-state index contributed by atoms with van der Waals surface area (Å²) in [6, 6.07) is 19.9. The highest BCUT2D eigenvalue weighted by Gasteiger charge is 2.19. The summed E-state index contributed by atoms with van der Waals surface area (Å²) in [5.74, 6) is -1.53. The lowest BCUT2D eigenvalue weighted by Gasteiger charge is -2.15. The number of fused-ring (bicyclic) bond motifs is 3. The van der Waals surface area contributed by atoms with Crippen molar-refractivity contribution in [3.8, 4) is 11.1 Å². The molecular weight excluding hydrogens is 511 g/mol. The molecule has 0 saturated heterocycles. The Balaban J connectivity index is 1.59. The summed E-state index contributed by atoms with van der Waals surface area (Å²) in [7, 11) is 1.54. The molecule has 8 nitrogen and oxygen atoms in total. The second-order valence-corrected chi connectivity index (χ2v) is 9.39. The van der Waals surface area contributed by atoms with Gasteiger partial charge in [0.2, 0.25) is 5.91 Å². The Morgan fingerprint density at radius 1 is 0.950 bits per heavy atom. The Bertz CT molecular complexity index is 1780. The molecule has 5 aromatic rings. The van der Waals surface area contributed by atoms with Crippen molar-refractivity contribution in [3.05, 3.63) is 95.3 Å². The highest BCUT2D eigenvalue weighted by Crippen LogP contribution is 2.39. The molecule has 0 unspecified atom stereocenters. The Labute approximate surface area is 229 Å². The predicted molar refractivity (Wildman–Crippen MR) is 154 cm³/mol. The van der Waals surface area contributed by atoms with Gasteiger partial charge in [-0.1, -0.05) is 24.3 Å². The molecule has 1 heterocycles. The number of rotatable bonds is 8. The van der Waals surface area contributed by atoms with Crippen LogP contribution in [-0.4, -0.2) is 36.4 Å². The summed E-state index contributed by atoms with van der Waals surface area (Å²) in [6.45, 7) is 2.21. The van der Waals surface area contributed by atoms with Crippen LogP contribution in [0.25, 0.3) is 32.9 Å². The second kappa shape index (κ2) is 11.0. The van der Waals surface area contributed by atoms with Crippen LogP contribution in [0.15, 0.2) is 72.8 Å². The van der Waals surface area contributed by atoms with Gasteiger partial charge in [0.1, 0.15) is 5.82 Å². The van der Waals surface area contributed by atoms with E-state index >= 15 is 0 Å². The number of aromatic nitrogens is 1. The van der Waals surface area contributed by atoms with Gasteiger partial charge in [0, 0.05) is 40.3 Å². The Morgan fingerprint density at radius 3 is 2.45 bits per heavy atom. The quantitative estimate of drug-likeness (QED) is 0.200. The molecule has 0 fully saturated rings. The number of amides is 3. The molecular formula is C31H27FN4O4. The number of nitrogens with two attached hydrogens (primary N) is 1. The van der Waals surface area contributed by atoms with Crippen LogP contribution in [0.5, 0.6) is 0 Å². The third-order valence-corrected chi connectivity index (χ3v) is 6.81. The molecule has 0 saturated carbocycles. The third-order valence-electron chi connectivity index (χ3n) is 6.81. The molecule has 5 N–H and O–H groups in total. The van der Waals surface area contributed by atoms with Crippen molar-refractivity contribution in [3.63, 3.8) is 0 Å². The first kappa shape index (κ1) is 26.6. The first-order chi connectivity index (χ1) is 19.3. The van der Waals surface area contributed by atoms with Gasteiger partial charge in [0.25, 0.3) is 11.8 Å². The Hall–Kier alpha value is -5.02. The summed E-state index contributed by atoms with van der Waals surface area (Å²) in [6.07, 6.45) is 0.227. The molecule has 0 spiro atoms. The molecule has 0 bridgehead atoms. The predicted octanol–water partition coefficient (Wildman–Crippen LogP) is 5.76. The van der Waals surface area contributed by atoms with E-state index in [9.17, 15) is 18.8 Å². The first-order valence-corrected chi connectivity index (χ1v) is 12.6. The minimum atomic E-state index is -0.576. The fraction of sp³-hybridized carbons (Fsp3) is 0.129. The van der Waals surface area contributed by atoms with E-state index in [2.05, 4.69) is 15.6 Å². The lowest BCUT2D eigenvalue weighted by atomic mass is 9.93. The number of carbonyl (C=O) groups is 3. The lowest BCUT2D eigenvalue weighted by molar-refractivity contribution is -0.117. The third kappa shape index (κ3) is 5.14. The zero-order valence-electron chi connectivity index (χ0n) is 21.9. The van der Waals surface area contributed by atoms with E-state index < -0.39 is 11.7 Å². The number of nitrogens with one attached hydrogen (secondary N) is 3. The van der Waals surface area contributed by atoms with Crippen molar-refractivity contribution in [1.29, 1.82) is 0 Å². The molecule has 0 aliphatic carbocycles. The van der Waals surface area contributed by atoms with E-state index in [-0.39, 0.29) is 18.2 Å². The fourth-order valence-corrected chi connectivity index (χ4v) is 4.80. The van der Waals surface area contributed by atoms with Crippen LogP contribution in [-0.2, 0) is 9.53 Å². The number of aromatic amines is 1. The van der Waals surface area contributed by atoms with Crippen molar-refractivity contribution in [1.82, 2.24) is 4.98 Å². The zero-order valence-corrected chi connectivity index (χ0v) is 21.9. The zero-order chi connectivity index (χ0) is 28.4. The summed E-state index contributed by atoms with van der Waals surface area (Å²) in [5, 5.41) is 7.39. The van der Waals surface area contributed by atoms with Gasteiger partial charge < -0.3 is 26.1 Å². The van der Waals surface area contributed by atoms with Gasteiger partial charge in [0.15, 0.2) is 0 Å². The largest absolute Gasteiger partial charge is 0.384 e. The molecule has 0 aliphatic rings. The average molecular weight is 539 g/mol. The normalized spacial score (nSPS) is 11.1. The Kier molecular flexibility index (Phi) is 7.31. The van der Waals surface area contributed by atoms with Crippen LogP contribution >= 0.6 is 0 Å². The maximum Gasteiger partial charge on any atom is 0.255 e. The summed E-state index contributed by atoms with van der Waals surface area (Å²) in [4.78, 5) is 40.7. The highest BCUT2D eigenvalue weighted by molar-refractivity contribution is 6.20. The molecule has 0 aliphatic heterocycles. The smallest absolute Gasteiger partial charge is 0.255 e. The summed E-state index contributed by atoms with van der Waals surface area (Å²) >= 11 is 0. The maximum atomic E-state index is 13.3. The standard InChI is InChI=1S/C31H27FN4O4/c1-17-21(4-3-5-25(17)36-31(39)18-6-8-19(32)9-7-18)22-12-13-24(30(33)38)29-28(22)23-11-10-20(16-26(23)35-29)34-27(37)14-15-40-2/h3-13,16,35H,14-15H2,1-2H3,(H2,33,38)(H,34,37)(H,36,39). The number of ether oxygens (including phenoxy) is 1. The number of benzene rings is 4. The Morgan fingerprint density at radius 2 is 1.73 bits per heavy atom. The van der Waals surface area contributed by atoms with Crippen LogP contribution in [0.2, 0.25) is 0 Å². The molecule has 202 valence electrons. The van der Waals surface area contributed by atoms with Gasteiger partial charge in [0.05, 0.1) is 24.1 Å². The molecule has 0 atom stereocenters. The van der Waals surface area contributed by atoms with E-state index in [0.29, 0.717) is 40.1 Å². The van der Waals surface area contributed by atoms with Gasteiger partial charge in [-0.05, 0) is 72.1 Å². The number of halogens is 1. The van der Waals surface area contributed by atoms with E-state index in [1.165, 1.54) is 31.4 Å². The van der Waals surface area contributed by atoms with E-state index in [1.807, 2.05) is 31.2 Å². The second-order valence-electron chi connectivity index (χ2n) is 9.39. The molecule has 9 heteroatoms. The average Bonchev–Trinajstić information content (AvgIpc) is 3.31. The number of hydrogen-bond donors (Lipinski definition) is 4. The van der Waals surface area contributed by atoms with Crippen LogP contribution in [0.1, 0.15) is 32.7 Å². The highest BCUT2D eigenvalue weighted by atomic mass is 19.1. The first-order valence-electron chi connectivity index (χ1n) is 12.6. The molecule has 40 heavy (non-hydrogen) atoms.